The summed E-state index contributed by atoms with van der Waals surface area (Å²) in [6, 6.07) is 4.69. The second-order valence-electron chi connectivity index (χ2n) is 3.39. The van der Waals surface area contributed by atoms with E-state index in [4.69, 9.17) is 11.6 Å². The first kappa shape index (κ1) is 14.5. The summed E-state index contributed by atoms with van der Waals surface area (Å²) < 4.78 is 39.7. The Morgan fingerprint density at radius 1 is 1.25 bits per heavy atom. The molecule has 10 heteroatoms. The van der Waals surface area contributed by atoms with E-state index in [2.05, 4.69) is 20.3 Å². The van der Waals surface area contributed by atoms with Crippen molar-refractivity contribution in [3.8, 4) is 5.75 Å². The lowest BCUT2D eigenvalue weighted by Crippen LogP contribution is -2.17. The van der Waals surface area contributed by atoms with E-state index in [-0.39, 0.29) is 20.9 Å². The van der Waals surface area contributed by atoms with Gasteiger partial charge in [-0.1, -0.05) is 11.3 Å². The van der Waals surface area contributed by atoms with Crippen molar-refractivity contribution in [2.24, 2.45) is 0 Å². The zero-order valence-electron chi connectivity index (χ0n) is 9.44. The summed E-state index contributed by atoms with van der Waals surface area (Å²) >= 11 is 6.42. The smallest absolute Gasteiger partial charge is 0.406 e. The SMILES string of the molecule is O=C(Nc1ccc(OC(F)(F)F)cc1)c1nnc(Cl)s1. The van der Waals surface area contributed by atoms with Gasteiger partial charge in [-0.3, -0.25) is 4.79 Å². The summed E-state index contributed by atoms with van der Waals surface area (Å²) in [5.41, 5.74) is 0.288. The lowest BCUT2D eigenvalue weighted by Gasteiger charge is -2.09. The highest BCUT2D eigenvalue weighted by atomic mass is 35.5. The largest absolute Gasteiger partial charge is 0.573 e. The Morgan fingerprint density at radius 2 is 1.90 bits per heavy atom. The van der Waals surface area contributed by atoms with Gasteiger partial charge < -0.3 is 10.1 Å². The average Bonchev–Trinajstić information content (AvgIpc) is 2.77. The molecule has 2 rings (SSSR count). The fourth-order valence-corrected chi connectivity index (χ4v) is 1.95. The topological polar surface area (TPSA) is 64.1 Å². The van der Waals surface area contributed by atoms with Crippen molar-refractivity contribution in [3.05, 3.63) is 33.7 Å². The van der Waals surface area contributed by atoms with Gasteiger partial charge in [-0.2, -0.15) is 0 Å². The Bertz CT molecular complexity index is 615. The van der Waals surface area contributed by atoms with Gasteiger partial charge in [-0.25, -0.2) is 0 Å². The summed E-state index contributed by atoms with van der Waals surface area (Å²) in [6.45, 7) is 0. The van der Waals surface area contributed by atoms with Crippen LogP contribution in [0.4, 0.5) is 18.9 Å². The summed E-state index contributed by atoms with van der Waals surface area (Å²) in [4.78, 5) is 11.7. The molecule has 2 aromatic rings. The van der Waals surface area contributed by atoms with E-state index in [1.807, 2.05) is 0 Å². The molecule has 0 aliphatic heterocycles. The van der Waals surface area contributed by atoms with Crippen molar-refractivity contribution < 1.29 is 22.7 Å². The third-order valence-corrected chi connectivity index (χ3v) is 2.96. The monoisotopic (exact) mass is 323 g/mol. The molecule has 0 atom stereocenters. The van der Waals surface area contributed by atoms with Crippen LogP contribution in [0.15, 0.2) is 24.3 Å². The van der Waals surface area contributed by atoms with Crippen LogP contribution in [0.5, 0.6) is 5.75 Å². The summed E-state index contributed by atoms with van der Waals surface area (Å²) in [7, 11) is 0. The van der Waals surface area contributed by atoms with Crippen LogP contribution in [0.3, 0.4) is 0 Å². The third kappa shape index (κ3) is 4.07. The second-order valence-corrected chi connectivity index (χ2v) is 4.95. The minimum Gasteiger partial charge on any atom is -0.406 e. The number of ether oxygens (including phenoxy) is 1. The van der Waals surface area contributed by atoms with Crippen molar-refractivity contribution >= 4 is 34.5 Å². The van der Waals surface area contributed by atoms with Crippen LogP contribution < -0.4 is 10.1 Å². The van der Waals surface area contributed by atoms with Gasteiger partial charge in [0.25, 0.3) is 5.91 Å². The first-order chi connectivity index (χ1) is 9.33. The Hall–Kier alpha value is -1.87. The number of amides is 1. The van der Waals surface area contributed by atoms with Gasteiger partial charge in [0, 0.05) is 5.69 Å². The molecule has 0 radical (unpaired) electrons. The molecule has 0 aliphatic rings. The normalized spacial score (nSPS) is 11.2. The fraction of sp³-hybridized carbons (Fsp3) is 0.100. The predicted octanol–water partition coefficient (Wildman–Crippen LogP) is 3.34. The number of hydrogen-bond acceptors (Lipinski definition) is 5. The van der Waals surface area contributed by atoms with Gasteiger partial charge in [0.1, 0.15) is 5.75 Å². The molecule has 1 N–H and O–H groups in total. The van der Waals surface area contributed by atoms with E-state index in [0.29, 0.717) is 0 Å². The van der Waals surface area contributed by atoms with Crippen LogP contribution in [-0.2, 0) is 0 Å². The van der Waals surface area contributed by atoms with Crippen LogP contribution in [0.1, 0.15) is 9.80 Å². The molecular formula is C10H5ClF3N3O2S. The summed E-state index contributed by atoms with van der Waals surface area (Å²) in [5.74, 6) is -0.937. The van der Waals surface area contributed by atoms with E-state index in [9.17, 15) is 18.0 Å². The number of aromatic nitrogens is 2. The molecule has 5 nitrogen and oxygen atoms in total. The quantitative estimate of drug-likeness (QED) is 0.941. The van der Waals surface area contributed by atoms with E-state index >= 15 is 0 Å². The van der Waals surface area contributed by atoms with E-state index in [1.165, 1.54) is 12.1 Å². The number of carbonyl (C=O) groups excluding carboxylic acids is 1. The minimum atomic E-state index is -4.76. The Labute approximate surface area is 119 Å². The van der Waals surface area contributed by atoms with Crippen molar-refractivity contribution in [1.82, 2.24) is 10.2 Å². The molecule has 20 heavy (non-hydrogen) atoms. The number of hydrogen-bond donors (Lipinski definition) is 1. The predicted molar refractivity (Wildman–Crippen MR) is 66.0 cm³/mol. The molecule has 106 valence electrons. The molecule has 1 heterocycles. The number of carbonyl (C=O) groups is 1. The molecule has 0 aliphatic carbocycles. The molecule has 1 aromatic carbocycles. The number of halogens is 4. The second kappa shape index (κ2) is 5.63. The molecule has 0 fully saturated rings. The van der Waals surface area contributed by atoms with Gasteiger partial charge in [0.05, 0.1) is 0 Å². The number of rotatable bonds is 3. The maximum atomic E-state index is 12.0. The summed E-state index contributed by atoms with van der Waals surface area (Å²) in [5, 5.41) is 9.47. The number of benzene rings is 1. The highest BCUT2D eigenvalue weighted by Crippen LogP contribution is 2.24. The van der Waals surface area contributed by atoms with Crippen LogP contribution in [0.25, 0.3) is 0 Å². The van der Waals surface area contributed by atoms with Crippen molar-refractivity contribution in [2.45, 2.75) is 6.36 Å². The van der Waals surface area contributed by atoms with Crippen molar-refractivity contribution in [2.75, 3.05) is 5.32 Å². The summed E-state index contributed by atoms with van der Waals surface area (Å²) in [6.07, 6.45) is -4.76. The minimum absolute atomic E-state index is 0.0469. The lowest BCUT2D eigenvalue weighted by molar-refractivity contribution is -0.274. The molecular weight excluding hydrogens is 319 g/mol. The molecule has 0 bridgehead atoms. The highest BCUT2D eigenvalue weighted by Gasteiger charge is 2.30. The van der Waals surface area contributed by atoms with Crippen LogP contribution in [0.2, 0.25) is 4.47 Å². The average molecular weight is 324 g/mol. The molecule has 0 unspecified atom stereocenters. The molecule has 0 saturated heterocycles. The van der Waals surface area contributed by atoms with Crippen LogP contribution >= 0.6 is 22.9 Å². The molecule has 1 amide bonds. The van der Waals surface area contributed by atoms with E-state index in [1.54, 1.807) is 0 Å². The van der Waals surface area contributed by atoms with Crippen molar-refractivity contribution in [1.29, 1.82) is 0 Å². The Kier molecular flexibility index (Phi) is 4.09. The fourth-order valence-electron chi connectivity index (χ4n) is 1.22. The standard InChI is InChI=1S/C10H5ClF3N3O2S/c11-9-17-16-8(20-9)7(18)15-5-1-3-6(4-2-5)19-10(12,13)14/h1-4H,(H,15,18). The van der Waals surface area contributed by atoms with E-state index in [0.717, 1.165) is 23.5 Å². The third-order valence-electron chi connectivity index (χ3n) is 1.94. The molecule has 0 saturated carbocycles. The number of nitrogens with one attached hydrogen (secondary N) is 1. The van der Waals surface area contributed by atoms with E-state index < -0.39 is 12.3 Å². The van der Waals surface area contributed by atoms with Crippen LogP contribution in [0, 0.1) is 0 Å². The van der Waals surface area contributed by atoms with Gasteiger partial charge in [-0.05, 0) is 35.9 Å². The van der Waals surface area contributed by atoms with Crippen molar-refractivity contribution in [3.63, 3.8) is 0 Å². The number of nitrogens with zero attached hydrogens (tertiary/aromatic N) is 2. The van der Waals surface area contributed by atoms with Gasteiger partial charge in [0.15, 0.2) is 0 Å². The van der Waals surface area contributed by atoms with Gasteiger partial charge in [0.2, 0.25) is 9.47 Å². The molecule has 0 spiro atoms. The highest BCUT2D eigenvalue weighted by molar-refractivity contribution is 7.17. The lowest BCUT2D eigenvalue weighted by atomic mass is 10.3. The maximum Gasteiger partial charge on any atom is 0.573 e. The zero-order valence-corrected chi connectivity index (χ0v) is 11.0. The first-order valence-electron chi connectivity index (χ1n) is 5.00. The first-order valence-corrected chi connectivity index (χ1v) is 6.19. The van der Waals surface area contributed by atoms with Gasteiger partial charge in [-0.15, -0.1) is 23.4 Å². The number of alkyl halides is 3. The Balaban J connectivity index is 2.02. The van der Waals surface area contributed by atoms with Gasteiger partial charge >= 0.3 is 6.36 Å². The number of anilines is 1. The Morgan fingerprint density at radius 3 is 2.40 bits per heavy atom. The maximum absolute atomic E-state index is 12.0. The van der Waals surface area contributed by atoms with Crippen LogP contribution in [-0.4, -0.2) is 22.5 Å². The zero-order chi connectivity index (χ0) is 14.8. The molecule has 1 aromatic heterocycles.